The fourth-order valence-corrected chi connectivity index (χ4v) is 6.08. The number of carbonyl (C=O) groups excluding carboxylic acids is 2. The molecule has 0 radical (unpaired) electrons. The second-order valence-corrected chi connectivity index (χ2v) is 9.89. The number of nitrogens with zero attached hydrogens (tertiary/aromatic N) is 3. The molecule has 0 aromatic rings. The molecule has 28 heavy (non-hydrogen) atoms. The maximum absolute atomic E-state index is 13.2. The van der Waals surface area contributed by atoms with Crippen LogP contribution in [-0.2, 0) is 9.59 Å². The highest BCUT2D eigenvalue weighted by Crippen LogP contribution is 2.34. The van der Waals surface area contributed by atoms with Gasteiger partial charge in [0.05, 0.1) is 0 Å². The molecule has 4 rings (SSSR count). The average molecular weight is 391 g/mol. The molecule has 158 valence electrons. The van der Waals surface area contributed by atoms with Gasteiger partial charge >= 0.3 is 0 Å². The van der Waals surface area contributed by atoms with Crippen LogP contribution in [0.2, 0.25) is 0 Å². The summed E-state index contributed by atoms with van der Waals surface area (Å²) < 4.78 is 0. The molecule has 4 saturated heterocycles. The molecule has 0 aromatic heterocycles. The summed E-state index contributed by atoms with van der Waals surface area (Å²) >= 11 is 0. The van der Waals surface area contributed by atoms with Crippen LogP contribution in [0.15, 0.2) is 0 Å². The van der Waals surface area contributed by atoms with E-state index in [1.165, 1.54) is 0 Å². The molecule has 4 heterocycles. The van der Waals surface area contributed by atoms with E-state index >= 15 is 0 Å². The van der Waals surface area contributed by atoms with E-state index in [-0.39, 0.29) is 11.8 Å². The molecule has 4 aliphatic rings. The van der Waals surface area contributed by atoms with Gasteiger partial charge in [0.1, 0.15) is 0 Å². The lowest BCUT2D eigenvalue weighted by molar-refractivity contribution is -0.139. The van der Waals surface area contributed by atoms with Crippen LogP contribution in [0.25, 0.3) is 0 Å². The predicted octanol–water partition coefficient (Wildman–Crippen LogP) is 1.41. The Morgan fingerprint density at radius 3 is 2.32 bits per heavy atom. The zero-order valence-electron chi connectivity index (χ0n) is 17.9. The first-order valence-electron chi connectivity index (χ1n) is 11.5. The summed E-state index contributed by atoms with van der Waals surface area (Å²) in [5, 5.41) is 3.47. The first-order chi connectivity index (χ1) is 13.5. The maximum Gasteiger partial charge on any atom is 0.226 e. The third-order valence-corrected chi connectivity index (χ3v) is 7.67. The number of carbonyl (C=O) groups is 2. The van der Waals surface area contributed by atoms with Crippen molar-refractivity contribution in [3.05, 3.63) is 0 Å². The third-order valence-electron chi connectivity index (χ3n) is 7.67. The Kier molecular flexibility index (Phi) is 5.98. The summed E-state index contributed by atoms with van der Waals surface area (Å²) in [5.41, 5.74) is 0. The zero-order valence-corrected chi connectivity index (χ0v) is 17.9. The molecule has 0 aromatic carbocycles. The topological polar surface area (TPSA) is 55.9 Å². The van der Waals surface area contributed by atoms with Gasteiger partial charge in [-0.25, -0.2) is 0 Å². The minimum atomic E-state index is 0.0424. The van der Waals surface area contributed by atoms with E-state index in [1.807, 2.05) is 13.8 Å². The molecular weight excluding hydrogens is 352 g/mol. The van der Waals surface area contributed by atoms with Gasteiger partial charge in [0.25, 0.3) is 0 Å². The first kappa shape index (κ1) is 20.1. The molecule has 0 bridgehead atoms. The van der Waals surface area contributed by atoms with Crippen LogP contribution in [0, 0.1) is 23.7 Å². The Morgan fingerprint density at radius 2 is 1.57 bits per heavy atom. The predicted molar refractivity (Wildman–Crippen MR) is 110 cm³/mol. The van der Waals surface area contributed by atoms with E-state index in [0.29, 0.717) is 35.7 Å². The lowest BCUT2D eigenvalue weighted by Gasteiger charge is -2.40. The van der Waals surface area contributed by atoms with Crippen LogP contribution in [0.4, 0.5) is 0 Å². The molecular formula is C22H38N4O2. The summed E-state index contributed by atoms with van der Waals surface area (Å²) in [6, 6.07) is 0.808. The van der Waals surface area contributed by atoms with E-state index in [4.69, 9.17) is 0 Å². The van der Waals surface area contributed by atoms with E-state index in [1.54, 1.807) is 0 Å². The van der Waals surface area contributed by atoms with Crippen LogP contribution < -0.4 is 5.32 Å². The monoisotopic (exact) mass is 390 g/mol. The van der Waals surface area contributed by atoms with Crippen molar-refractivity contribution in [3.63, 3.8) is 0 Å². The van der Waals surface area contributed by atoms with Gasteiger partial charge in [0, 0.05) is 50.1 Å². The average Bonchev–Trinajstić information content (AvgIpc) is 3.30. The van der Waals surface area contributed by atoms with Crippen molar-refractivity contribution >= 4 is 11.8 Å². The van der Waals surface area contributed by atoms with Gasteiger partial charge in [0.15, 0.2) is 0 Å². The Bertz CT molecular complexity index is 595. The van der Waals surface area contributed by atoms with E-state index in [2.05, 4.69) is 26.9 Å². The van der Waals surface area contributed by atoms with Gasteiger partial charge in [-0.2, -0.15) is 0 Å². The number of amides is 2. The first-order valence-corrected chi connectivity index (χ1v) is 11.5. The van der Waals surface area contributed by atoms with Gasteiger partial charge < -0.3 is 20.0 Å². The fraction of sp³-hybridized carbons (Fsp3) is 0.909. The van der Waals surface area contributed by atoms with Crippen molar-refractivity contribution in [2.24, 2.45) is 23.7 Å². The van der Waals surface area contributed by atoms with Crippen molar-refractivity contribution in [1.82, 2.24) is 20.0 Å². The molecule has 4 fully saturated rings. The number of nitrogens with one attached hydrogen (secondary N) is 1. The molecule has 4 aliphatic heterocycles. The van der Waals surface area contributed by atoms with Crippen LogP contribution in [-0.4, -0.2) is 84.4 Å². The zero-order chi connectivity index (χ0) is 19.8. The Balaban J connectivity index is 1.34. The van der Waals surface area contributed by atoms with Crippen molar-refractivity contribution < 1.29 is 9.59 Å². The number of piperidine rings is 2. The second kappa shape index (κ2) is 8.31. The minimum absolute atomic E-state index is 0.0424. The third kappa shape index (κ3) is 3.82. The van der Waals surface area contributed by atoms with Crippen LogP contribution in [0.5, 0.6) is 0 Å². The summed E-state index contributed by atoms with van der Waals surface area (Å²) in [6.07, 6.45) is 4.56. The van der Waals surface area contributed by atoms with E-state index < -0.39 is 0 Å². The summed E-state index contributed by atoms with van der Waals surface area (Å²) in [4.78, 5) is 32.5. The lowest BCUT2D eigenvalue weighted by atomic mass is 9.91. The normalized spacial score (nSPS) is 34.4. The SMILES string of the molecule is CC(C)C(=O)N1CCC2CCN(CC(C)C(=O)N3CCC4CNCCC43)CC21. The largest absolute Gasteiger partial charge is 0.339 e. The molecule has 6 nitrogen and oxygen atoms in total. The molecule has 1 N–H and O–H groups in total. The molecule has 0 saturated carbocycles. The van der Waals surface area contributed by atoms with E-state index in [9.17, 15) is 9.59 Å². The summed E-state index contributed by atoms with van der Waals surface area (Å²) in [5.74, 6) is 2.06. The molecule has 5 atom stereocenters. The van der Waals surface area contributed by atoms with Crippen LogP contribution in [0.1, 0.15) is 46.5 Å². The van der Waals surface area contributed by atoms with Gasteiger partial charge in [-0.05, 0) is 57.2 Å². The van der Waals surface area contributed by atoms with E-state index in [0.717, 1.165) is 71.5 Å². The highest BCUT2D eigenvalue weighted by Gasteiger charge is 2.43. The van der Waals surface area contributed by atoms with Crippen LogP contribution in [0.3, 0.4) is 0 Å². The van der Waals surface area contributed by atoms with Crippen molar-refractivity contribution in [2.75, 3.05) is 45.8 Å². The summed E-state index contributed by atoms with van der Waals surface area (Å²) in [7, 11) is 0. The van der Waals surface area contributed by atoms with Crippen molar-refractivity contribution in [1.29, 1.82) is 0 Å². The number of fused-ring (bicyclic) bond motifs is 2. The van der Waals surface area contributed by atoms with Crippen molar-refractivity contribution in [2.45, 2.75) is 58.5 Å². The number of hydrogen-bond acceptors (Lipinski definition) is 4. The smallest absolute Gasteiger partial charge is 0.226 e. The Morgan fingerprint density at radius 1 is 0.893 bits per heavy atom. The Hall–Kier alpha value is -1.14. The molecule has 0 spiro atoms. The standard InChI is InChI=1S/C22H38N4O2/c1-15(2)21(27)26-10-6-17-5-9-24(14-20(17)26)13-16(3)22(28)25-11-7-18-12-23-8-4-19(18)25/h15-20,23H,4-14H2,1-3H3. The highest BCUT2D eigenvalue weighted by atomic mass is 16.2. The van der Waals surface area contributed by atoms with Crippen molar-refractivity contribution in [3.8, 4) is 0 Å². The second-order valence-electron chi connectivity index (χ2n) is 9.89. The molecule has 5 unspecified atom stereocenters. The summed E-state index contributed by atoms with van der Waals surface area (Å²) in [6.45, 7) is 12.9. The van der Waals surface area contributed by atoms with Gasteiger partial charge in [-0.3, -0.25) is 9.59 Å². The van der Waals surface area contributed by atoms with Gasteiger partial charge in [-0.1, -0.05) is 20.8 Å². The molecule has 2 amide bonds. The molecule has 6 heteroatoms. The molecule has 0 aliphatic carbocycles. The highest BCUT2D eigenvalue weighted by molar-refractivity contribution is 5.79. The Labute approximate surface area is 170 Å². The number of rotatable bonds is 4. The quantitative estimate of drug-likeness (QED) is 0.789. The van der Waals surface area contributed by atoms with Gasteiger partial charge in [0.2, 0.25) is 11.8 Å². The van der Waals surface area contributed by atoms with Gasteiger partial charge in [-0.15, -0.1) is 0 Å². The minimum Gasteiger partial charge on any atom is -0.339 e. The maximum atomic E-state index is 13.2. The number of hydrogen-bond donors (Lipinski definition) is 1. The van der Waals surface area contributed by atoms with Crippen LogP contribution >= 0.6 is 0 Å². The fourth-order valence-electron chi connectivity index (χ4n) is 6.08. The lowest BCUT2D eigenvalue weighted by Crippen LogP contribution is -2.53. The number of likely N-dealkylation sites (tertiary alicyclic amines) is 3.